The summed E-state index contributed by atoms with van der Waals surface area (Å²) in [5, 5.41) is 0. The lowest BCUT2D eigenvalue weighted by atomic mass is 9.56. The first-order valence-corrected chi connectivity index (χ1v) is 6.16. The van der Waals surface area contributed by atoms with Crippen LogP contribution in [-0.4, -0.2) is 0 Å². The quantitative estimate of drug-likeness (QED) is 0.581. The molecule has 1 aliphatic rings. The first-order valence-electron chi connectivity index (χ1n) is 6.16. The largest absolute Gasteiger partial charge is 0.0654 e. The van der Waals surface area contributed by atoms with Crippen LogP contribution in [0.1, 0.15) is 66.2 Å². The summed E-state index contributed by atoms with van der Waals surface area (Å²) >= 11 is 0. The van der Waals surface area contributed by atoms with Crippen molar-refractivity contribution in [1.29, 1.82) is 0 Å². The first-order chi connectivity index (χ1) is 6.16. The van der Waals surface area contributed by atoms with Gasteiger partial charge >= 0.3 is 0 Å². The molecular weight excluding hydrogens is 156 g/mol. The van der Waals surface area contributed by atoms with Gasteiger partial charge in [0.1, 0.15) is 0 Å². The third kappa shape index (κ3) is 2.08. The summed E-state index contributed by atoms with van der Waals surface area (Å²) in [6, 6.07) is 0. The molecule has 0 heterocycles. The van der Waals surface area contributed by atoms with Crippen LogP contribution in [-0.2, 0) is 0 Å². The van der Waals surface area contributed by atoms with E-state index < -0.39 is 0 Å². The summed E-state index contributed by atoms with van der Waals surface area (Å²) < 4.78 is 0. The zero-order valence-electron chi connectivity index (χ0n) is 9.90. The van der Waals surface area contributed by atoms with Crippen molar-refractivity contribution in [2.45, 2.75) is 66.2 Å². The zero-order chi connectivity index (χ0) is 9.90. The maximum Gasteiger partial charge on any atom is -0.0269 e. The Hall–Kier alpha value is 0. The van der Waals surface area contributed by atoms with Gasteiger partial charge < -0.3 is 0 Å². The summed E-state index contributed by atoms with van der Waals surface area (Å²) in [4.78, 5) is 0. The van der Waals surface area contributed by atoms with Crippen molar-refractivity contribution in [2.24, 2.45) is 17.3 Å². The minimum atomic E-state index is 0.754. The van der Waals surface area contributed by atoms with E-state index in [0.717, 1.165) is 17.3 Å². The lowest BCUT2D eigenvalue weighted by Gasteiger charge is -2.49. The van der Waals surface area contributed by atoms with E-state index in [1.807, 2.05) is 0 Å². The average Bonchev–Trinajstić information content (AvgIpc) is 2.09. The molecule has 1 saturated carbocycles. The van der Waals surface area contributed by atoms with Crippen molar-refractivity contribution < 1.29 is 0 Å². The number of hydrogen-bond acceptors (Lipinski definition) is 0. The zero-order valence-corrected chi connectivity index (χ0v) is 9.90. The Kier molecular flexibility index (Phi) is 3.82. The van der Waals surface area contributed by atoms with Crippen LogP contribution in [0.5, 0.6) is 0 Å². The fourth-order valence-corrected chi connectivity index (χ4v) is 3.02. The Labute approximate surface area is 84.1 Å². The van der Waals surface area contributed by atoms with Crippen molar-refractivity contribution >= 4 is 0 Å². The summed E-state index contributed by atoms with van der Waals surface area (Å²) in [5.74, 6) is 1.87. The van der Waals surface area contributed by atoms with Gasteiger partial charge in [0, 0.05) is 0 Å². The molecule has 0 N–H and O–H groups in total. The predicted molar refractivity (Wildman–Crippen MR) is 59.8 cm³/mol. The predicted octanol–water partition coefficient (Wildman–Crippen LogP) is 4.64. The summed E-state index contributed by atoms with van der Waals surface area (Å²) in [5.41, 5.74) is 0.754. The topological polar surface area (TPSA) is 0 Å². The van der Waals surface area contributed by atoms with Crippen molar-refractivity contribution in [1.82, 2.24) is 0 Å². The number of rotatable bonds is 5. The molecule has 0 aromatic rings. The molecule has 0 saturated heterocycles. The minimum absolute atomic E-state index is 0.754. The van der Waals surface area contributed by atoms with E-state index in [9.17, 15) is 0 Å². The summed E-state index contributed by atoms with van der Waals surface area (Å²) in [7, 11) is 0. The van der Waals surface area contributed by atoms with Crippen LogP contribution in [0.25, 0.3) is 0 Å². The lowest BCUT2D eigenvalue weighted by Crippen LogP contribution is -2.38. The fourth-order valence-electron chi connectivity index (χ4n) is 3.02. The van der Waals surface area contributed by atoms with Gasteiger partial charge in [0.05, 0.1) is 0 Å². The molecule has 0 radical (unpaired) electrons. The van der Waals surface area contributed by atoms with Gasteiger partial charge in [-0.05, 0) is 36.5 Å². The molecule has 1 aliphatic carbocycles. The van der Waals surface area contributed by atoms with Crippen molar-refractivity contribution in [2.75, 3.05) is 0 Å². The maximum absolute atomic E-state index is 2.49. The van der Waals surface area contributed by atoms with Crippen LogP contribution in [0.3, 0.4) is 0 Å². The molecule has 13 heavy (non-hydrogen) atoms. The first kappa shape index (κ1) is 11.1. The SMILES string of the molecule is CCCC1(C(C)C(C)CC)CCC1. The van der Waals surface area contributed by atoms with Crippen LogP contribution in [0, 0.1) is 17.3 Å². The molecule has 0 aromatic carbocycles. The molecule has 0 aromatic heterocycles. The standard InChI is InChI=1S/C13H26/c1-5-8-13(9-7-10-13)12(4)11(3)6-2/h11-12H,5-10H2,1-4H3. The van der Waals surface area contributed by atoms with Crippen LogP contribution in [0.4, 0.5) is 0 Å². The molecule has 0 amide bonds. The fraction of sp³-hybridized carbons (Fsp3) is 1.00. The average molecular weight is 182 g/mol. The van der Waals surface area contributed by atoms with Crippen LogP contribution in [0.2, 0.25) is 0 Å². The highest BCUT2D eigenvalue weighted by Gasteiger charge is 2.42. The highest BCUT2D eigenvalue weighted by atomic mass is 14.5. The van der Waals surface area contributed by atoms with E-state index in [4.69, 9.17) is 0 Å². The lowest BCUT2D eigenvalue weighted by molar-refractivity contribution is 0.0165. The summed E-state index contributed by atoms with van der Waals surface area (Å²) in [6.45, 7) is 9.59. The molecular formula is C13H26. The molecule has 0 bridgehead atoms. The Morgan fingerprint density at radius 2 is 1.77 bits per heavy atom. The monoisotopic (exact) mass is 182 g/mol. The molecule has 0 aliphatic heterocycles. The van der Waals surface area contributed by atoms with E-state index >= 15 is 0 Å². The van der Waals surface area contributed by atoms with Crippen molar-refractivity contribution in [3.05, 3.63) is 0 Å². The second-order valence-electron chi connectivity index (χ2n) is 5.14. The van der Waals surface area contributed by atoms with Crippen LogP contribution >= 0.6 is 0 Å². The Bertz CT molecular complexity index is 144. The third-order valence-corrected chi connectivity index (χ3v) is 4.56. The van der Waals surface area contributed by atoms with Gasteiger partial charge in [-0.1, -0.05) is 47.0 Å². The Morgan fingerprint density at radius 3 is 2.08 bits per heavy atom. The summed E-state index contributed by atoms with van der Waals surface area (Å²) in [6.07, 6.45) is 8.70. The van der Waals surface area contributed by atoms with Gasteiger partial charge in [-0.3, -0.25) is 0 Å². The molecule has 0 spiro atoms. The van der Waals surface area contributed by atoms with E-state index in [0.29, 0.717) is 0 Å². The van der Waals surface area contributed by atoms with Crippen molar-refractivity contribution in [3.63, 3.8) is 0 Å². The Morgan fingerprint density at radius 1 is 1.15 bits per heavy atom. The van der Waals surface area contributed by atoms with E-state index in [1.165, 1.54) is 38.5 Å². The highest BCUT2D eigenvalue weighted by molar-refractivity contribution is 4.92. The normalized spacial score (nSPS) is 24.9. The second-order valence-corrected chi connectivity index (χ2v) is 5.14. The van der Waals surface area contributed by atoms with Gasteiger partial charge in [-0.2, -0.15) is 0 Å². The van der Waals surface area contributed by atoms with Gasteiger partial charge in [-0.15, -0.1) is 0 Å². The van der Waals surface area contributed by atoms with E-state index in [2.05, 4.69) is 27.7 Å². The third-order valence-electron chi connectivity index (χ3n) is 4.56. The van der Waals surface area contributed by atoms with Gasteiger partial charge in [0.25, 0.3) is 0 Å². The van der Waals surface area contributed by atoms with Crippen molar-refractivity contribution in [3.8, 4) is 0 Å². The molecule has 1 rings (SSSR count). The molecule has 0 nitrogen and oxygen atoms in total. The molecule has 0 heteroatoms. The second kappa shape index (κ2) is 4.48. The van der Waals surface area contributed by atoms with Gasteiger partial charge in [0.15, 0.2) is 0 Å². The molecule has 1 fully saturated rings. The minimum Gasteiger partial charge on any atom is -0.0654 e. The molecule has 2 unspecified atom stereocenters. The highest BCUT2D eigenvalue weighted by Crippen LogP contribution is 2.53. The van der Waals surface area contributed by atoms with Crippen LogP contribution < -0.4 is 0 Å². The molecule has 78 valence electrons. The maximum atomic E-state index is 2.49. The Balaban J connectivity index is 2.54. The molecule has 2 atom stereocenters. The van der Waals surface area contributed by atoms with Crippen LogP contribution in [0.15, 0.2) is 0 Å². The smallest absolute Gasteiger partial charge is 0.0269 e. The van der Waals surface area contributed by atoms with E-state index in [-0.39, 0.29) is 0 Å². The van der Waals surface area contributed by atoms with Gasteiger partial charge in [-0.25, -0.2) is 0 Å². The van der Waals surface area contributed by atoms with E-state index in [1.54, 1.807) is 0 Å². The van der Waals surface area contributed by atoms with Gasteiger partial charge in [0.2, 0.25) is 0 Å². The number of hydrogen-bond donors (Lipinski definition) is 0.